The van der Waals surface area contributed by atoms with Gasteiger partial charge in [-0.2, -0.15) is 0 Å². The van der Waals surface area contributed by atoms with Crippen LogP contribution in [0.5, 0.6) is 0 Å². The lowest BCUT2D eigenvalue weighted by atomic mass is 9.96. The molecule has 1 aliphatic carbocycles. The minimum atomic E-state index is -2.94. The Labute approximate surface area is 110 Å². The van der Waals surface area contributed by atoms with Crippen LogP contribution in [0.25, 0.3) is 0 Å². The van der Waals surface area contributed by atoms with Crippen molar-refractivity contribution in [2.75, 3.05) is 12.0 Å². The standard InChI is InChI=1S/C13H25NO3S/c1-18(16,17)11-7-10-13(15)14-12-8-5-3-2-4-6-9-12/h12H,2-11H2,1H3,(H,14,15). The highest BCUT2D eigenvalue weighted by molar-refractivity contribution is 7.90. The van der Waals surface area contributed by atoms with Crippen molar-refractivity contribution in [3.05, 3.63) is 0 Å². The molecule has 0 aromatic rings. The minimum Gasteiger partial charge on any atom is -0.353 e. The quantitative estimate of drug-likeness (QED) is 0.835. The molecule has 1 saturated carbocycles. The second-order valence-corrected chi connectivity index (χ2v) is 7.60. The Bertz CT molecular complexity index is 343. The van der Waals surface area contributed by atoms with Crippen LogP contribution in [0.4, 0.5) is 0 Å². The van der Waals surface area contributed by atoms with Crippen molar-refractivity contribution in [2.45, 2.75) is 63.8 Å². The second kappa shape index (κ2) is 7.77. The van der Waals surface area contributed by atoms with Gasteiger partial charge in [0, 0.05) is 18.7 Å². The highest BCUT2D eigenvalue weighted by Crippen LogP contribution is 2.17. The molecule has 0 unspecified atom stereocenters. The average molecular weight is 275 g/mol. The average Bonchev–Trinajstić information content (AvgIpc) is 2.20. The molecule has 0 radical (unpaired) electrons. The SMILES string of the molecule is CS(=O)(=O)CCCC(=O)NC1CCCCCCC1. The van der Waals surface area contributed by atoms with Crippen LogP contribution in [-0.2, 0) is 14.6 Å². The van der Waals surface area contributed by atoms with Crippen LogP contribution in [-0.4, -0.2) is 32.4 Å². The van der Waals surface area contributed by atoms with Gasteiger partial charge in [-0.1, -0.05) is 32.1 Å². The highest BCUT2D eigenvalue weighted by Gasteiger charge is 2.14. The van der Waals surface area contributed by atoms with E-state index in [1.54, 1.807) is 0 Å². The maximum Gasteiger partial charge on any atom is 0.220 e. The van der Waals surface area contributed by atoms with E-state index >= 15 is 0 Å². The lowest BCUT2D eigenvalue weighted by molar-refractivity contribution is -0.121. The monoisotopic (exact) mass is 275 g/mol. The number of carbonyl (C=O) groups is 1. The summed E-state index contributed by atoms with van der Waals surface area (Å²) in [5, 5.41) is 3.04. The van der Waals surface area contributed by atoms with E-state index in [1.807, 2.05) is 0 Å². The zero-order valence-electron chi connectivity index (χ0n) is 11.3. The Hall–Kier alpha value is -0.580. The number of hydrogen-bond acceptors (Lipinski definition) is 3. The number of sulfone groups is 1. The summed E-state index contributed by atoms with van der Waals surface area (Å²) in [6.45, 7) is 0. The van der Waals surface area contributed by atoms with Gasteiger partial charge in [0.2, 0.25) is 5.91 Å². The first-order valence-corrected chi connectivity index (χ1v) is 9.00. The van der Waals surface area contributed by atoms with Gasteiger partial charge in [-0.15, -0.1) is 0 Å². The molecule has 0 saturated heterocycles. The van der Waals surface area contributed by atoms with Gasteiger partial charge in [-0.05, 0) is 19.3 Å². The van der Waals surface area contributed by atoms with Crippen molar-refractivity contribution in [1.82, 2.24) is 5.32 Å². The number of amides is 1. The van der Waals surface area contributed by atoms with Gasteiger partial charge in [0.15, 0.2) is 0 Å². The highest BCUT2D eigenvalue weighted by atomic mass is 32.2. The van der Waals surface area contributed by atoms with Crippen molar-refractivity contribution < 1.29 is 13.2 Å². The maximum absolute atomic E-state index is 11.7. The Balaban J connectivity index is 2.21. The van der Waals surface area contributed by atoms with E-state index in [9.17, 15) is 13.2 Å². The summed E-state index contributed by atoms with van der Waals surface area (Å²) in [7, 11) is -2.94. The normalized spacial score (nSPS) is 18.9. The third kappa shape index (κ3) is 7.69. The summed E-state index contributed by atoms with van der Waals surface area (Å²) >= 11 is 0. The number of rotatable bonds is 5. The molecule has 5 heteroatoms. The summed E-state index contributed by atoms with van der Waals surface area (Å²) in [5.41, 5.74) is 0. The number of carbonyl (C=O) groups excluding carboxylic acids is 1. The molecule has 1 rings (SSSR count). The second-order valence-electron chi connectivity index (χ2n) is 5.34. The van der Waals surface area contributed by atoms with E-state index in [2.05, 4.69) is 5.32 Å². The van der Waals surface area contributed by atoms with Gasteiger partial charge in [0.1, 0.15) is 9.84 Å². The van der Waals surface area contributed by atoms with Crippen LogP contribution in [0.1, 0.15) is 57.8 Å². The predicted octanol–water partition coefficient (Wildman–Crippen LogP) is 2.04. The van der Waals surface area contributed by atoms with Gasteiger partial charge < -0.3 is 5.32 Å². The van der Waals surface area contributed by atoms with Crippen molar-refractivity contribution in [3.63, 3.8) is 0 Å². The summed E-state index contributed by atoms with van der Waals surface area (Å²) in [6.07, 6.45) is 10.3. The first-order valence-electron chi connectivity index (χ1n) is 6.94. The summed E-state index contributed by atoms with van der Waals surface area (Å²) in [5.74, 6) is 0.106. The maximum atomic E-state index is 11.7. The minimum absolute atomic E-state index is 0.00391. The van der Waals surface area contributed by atoms with Gasteiger partial charge in [-0.25, -0.2) is 8.42 Å². The number of hydrogen-bond donors (Lipinski definition) is 1. The molecule has 1 fully saturated rings. The summed E-state index contributed by atoms with van der Waals surface area (Å²) < 4.78 is 21.9. The fourth-order valence-electron chi connectivity index (χ4n) is 2.40. The van der Waals surface area contributed by atoms with Crippen LogP contribution in [0.2, 0.25) is 0 Å². The predicted molar refractivity (Wildman–Crippen MR) is 73.2 cm³/mol. The Kier molecular flexibility index (Phi) is 6.68. The van der Waals surface area contributed by atoms with Crippen LogP contribution in [0.15, 0.2) is 0 Å². The fourth-order valence-corrected chi connectivity index (χ4v) is 3.06. The largest absolute Gasteiger partial charge is 0.353 e. The molecule has 0 atom stereocenters. The van der Waals surface area contributed by atoms with Crippen molar-refractivity contribution >= 4 is 15.7 Å². The first kappa shape index (κ1) is 15.5. The van der Waals surface area contributed by atoms with E-state index in [1.165, 1.54) is 38.4 Å². The molecule has 0 aromatic carbocycles. The van der Waals surface area contributed by atoms with Crippen LogP contribution >= 0.6 is 0 Å². The van der Waals surface area contributed by atoms with E-state index in [-0.39, 0.29) is 11.7 Å². The van der Waals surface area contributed by atoms with E-state index in [0.29, 0.717) is 18.9 Å². The Morgan fingerprint density at radius 3 is 2.22 bits per heavy atom. The molecule has 106 valence electrons. The summed E-state index contributed by atoms with van der Waals surface area (Å²) in [6, 6.07) is 0.302. The van der Waals surface area contributed by atoms with Crippen LogP contribution in [0.3, 0.4) is 0 Å². The lowest BCUT2D eigenvalue weighted by Crippen LogP contribution is -2.35. The molecule has 4 nitrogen and oxygen atoms in total. The first-order chi connectivity index (χ1) is 8.47. The Morgan fingerprint density at radius 2 is 1.67 bits per heavy atom. The Morgan fingerprint density at radius 1 is 1.11 bits per heavy atom. The van der Waals surface area contributed by atoms with Crippen molar-refractivity contribution in [1.29, 1.82) is 0 Å². The molecule has 0 aliphatic heterocycles. The van der Waals surface area contributed by atoms with Crippen LogP contribution < -0.4 is 5.32 Å². The van der Waals surface area contributed by atoms with Crippen LogP contribution in [0, 0.1) is 0 Å². The molecule has 18 heavy (non-hydrogen) atoms. The van der Waals surface area contributed by atoms with Gasteiger partial charge >= 0.3 is 0 Å². The molecule has 0 bridgehead atoms. The third-order valence-electron chi connectivity index (χ3n) is 3.39. The van der Waals surface area contributed by atoms with Gasteiger partial charge in [0.05, 0.1) is 5.75 Å². The molecule has 1 aliphatic rings. The zero-order chi connectivity index (χ0) is 13.4. The smallest absolute Gasteiger partial charge is 0.220 e. The van der Waals surface area contributed by atoms with E-state index in [0.717, 1.165) is 12.8 Å². The zero-order valence-corrected chi connectivity index (χ0v) is 12.1. The number of nitrogens with one attached hydrogen (secondary N) is 1. The topological polar surface area (TPSA) is 63.2 Å². The molecule has 0 aromatic heterocycles. The molecular weight excluding hydrogens is 250 g/mol. The molecule has 0 heterocycles. The third-order valence-corrected chi connectivity index (χ3v) is 4.42. The molecule has 1 amide bonds. The lowest BCUT2D eigenvalue weighted by Gasteiger charge is -2.21. The van der Waals surface area contributed by atoms with Crippen molar-refractivity contribution in [2.24, 2.45) is 0 Å². The van der Waals surface area contributed by atoms with Gasteiger partial charge in [-0.3, -0.25) is 4.79 Å². The summed E-state index contributed by atoms with van der Waals surface area (Å²) in [4.78, 5) is 11.7. The van der Waals surface area contributed by atoms with Crippen molar-refractivity contribution in [3.8, 4) is 0 Å². The van der Waals surface area contributed by atoms with Gasteiger partial charge in [0.25, 0.3) is 0 Å². The molecule has 1 N–H and O–H groups in total. The fraction of sp³-hybridized carbons (Fsp3) is 0.923. The molecular formula is C13H25NO3S. The van der Waals surface area contributed by atoms with E-state index < -0.39 is 9.84 Å². The molecule has 0 spiro atoms. The van der Waals surface area contributed by atoms with E-state index in [4.69, 9.17) is 0 Å².